The second-order valence-corrected chi connectivity index (χ2v) is 5.04. The molecule has 1 aromatic rings. The summed E-state index contributed by atoms with van der Waals surface area (Å²) in [5.74, 6) is 1.92. The normalized spacial score (nSPS) is 21.1. The molecule has 0 radical (unpaired) electrons. The van der Waals surface area contributed by atoms with Gasteiger partial charge in [0.05, 0.1) is 6.54 Å². The maximum Gasteiger partial charge on any atom is 0.240 e. The smallest absolute Gasteiger partial charge is 0.240 e. The van der Waals surface area contributed by atoms with E-state index in [4.69, 9.17) is 4.52 Å². The molecule has 1 aliphatic rings. The minimum atomic E-state index is 0.178. The highest BCUT2D eigenvalue weighted by Gasteiger charge is 2.24. The van der Waals surface area contributed by atoms with Gasteiger partial charge in [0.25, 0.3) is 0 Å². The Hall–Kier alpha value is -1.23. The van der Waals surface area contributed by atoms with Crippen LogP contribution in [0.2, 0.25) is 0 Å². The Morgan fingerprint density at radius 1 is 1.56 bits per heavy atom. The first-order valence-electron chi connectivity index (χ1n) is 6.73. The lowest BCUT2D eigenvalue weighted by molar-refractivity contribution is -0.122. The molecule has 0 spiro atoms. The molecule has 1 aliphatic heterocycles. The van der Waals surface area contributed by atoms with Gasteiger partial charge in [0.1, 0.15) is 5.78 Å². The molecule has 0 saturated carbocycles. The van der Waals surface area contributed by atoms with Gasteiger partial charge in [-0.25, -0.2) is 0 Å². The predicted molar refractivity (Wildman–Crippen MR) is 67.0 cm³/mol. The van der Waals surface area contributed by atoms with Gasteiger partial charge in [-0.2, -0.15) is 4.98 Å². The number of piperidine rings is 1. The Morgan fingerprint density at radius 2 is 2.39 bits per heavy atom. The Bertz CT molecular complexity index is 403. The molecule has 2 rings (SSSR count). The van der Waals surface area contributed by atoms with E-state index in [0.717, 1.165) is 44.6 Å². The van der Waals surface area contributed by atoms with Crippen molar-refractivity contribution >= 4 is 5.78 Å². The van der Waals surface area contributed by atoms with Gasteiger partial charge < -0.3 is 4.52 Å². The van der Waals surface area contributed by atoms with Crippen LogP contribution in [0, 0.1) is 5.92 Å². The second-order valence-electron chi connectivity index (χ2n) is 5.04. The third-order valence-electron chi connectivity index (χ3n) is 3.42. The second kappa shape index (κ2) is 6.09. The minimum Gasteiger partial charge on any atom is -0.338 e. The number of nitrogens with zero attached hydrogens (tertiary/aromatic N) is 3. The predicted octanol–water partition coefficient (Wildman–Crippen LogP) is 1.82. The van der Waals surface area contributed by atoms with E-state index < -0.39 is 0 Å². The van der Waals surface area contributed by atoms with Gasteiger partial charge in [-0.05, 0) is 32.7 Å². The number of carbonyl (C=O) groups excluding carboxylic acids is 1. The molecule has 0 aliphatic carbocycles. The van der Waals surface area contributed by atoms with Crippen LogP contribution in [-0.2, 0) is 17.8 Å². The Balaban J connectivity index is 1.89. The van der Waals surface area contributed by atoms with Crippen molar-refractivity contribution in [2.75, 3.05) is 13.1 Å². The quantitative estimate of drug-likeness (QED) is 0.799. The zero-order valence-electron chi connectivity index (χ0n) is 11.2. The molecule has 0 aromatic carbocycles. The van der Waals surface area contributed by atoms with E-state index in [1.165, 1.54) is 0 Å². The third kappa shape index (κ3) is 3.38. The molecule has 0 amide bonds. The van der Waals surface area contributed by atoms with Crippen LogP contribution < -0.4 is 0 Å². The summed E-state index contributed by atoms with van der Waals surface area (Å²) in [6, 6.07) is 0. The summed E-state index contributed by atoms with van der Waals surface area (Å²) in [4.78, 5) is 18.0. The summed E-state index contributed by atoms with van der Waals surface area (Å²) in [6.07, 6.45) is 3.96. The molecular formula is C13H21N3O2. The third-order valence-corrected chi connectivity index (χ3v) is 3.42. The molecular weight excluding hydrogens is 230 g/mol. The number of hydrogen-bond donors (Lipinski definition) is 0. The van der Waals surface area contributed by atoms with Crippen molar-refractivity contribution < 1.29 is 9.32 Å². The summed E-state index contributed by atoms with van der Waals surface area (Å²) >= 11 is 0. The number of aryl methyl sites for hydroxylation is 1. The van der Waals surface area contributed by atoms with E-state index in [2.05, 4.69) is 22.0 Å². The van der Waals surface area contributed by atoms with Gasteiger partial charge in [0.15, 0.2) is 5.82 Å². The van der Waals surface area contributed by atoms with Crippen LogP contribution in [0.3, 0.4) is 0 Å². The van der Waals surface area contributed by atoms with Crippen LogP contribution in [0.5, 0.6) is 0 Å². The van der Waals surface area contributed by atoms with Crippen LogP contribution in [0.15, 0.2) is 4.52 Å². The summed E-state index contributed by atoms with van der Waals surface area (Å²) in [5.41, 5.74) is 0. The van der Waals surface area contributed by atoms with Crippen molar-refractivity contribution in [1.82, 2.24) is 15.0 Å². The van der Waals surface area contributed by atoms with Crippen LogP contribution in [0.1, 0.15) is 44.8 Å². The zero-order chi connectivity index (χ0) is 13.0. The molecule has 1 saturated heterocycles. The standard InChI is InChI=1S/C13H21N3O2/c1-3-5-12-14-13(18-15-12)9-16-7-4-6-11(8-16)10(2)17/h11H,3-9H2,1-2H3. The van der Waals surface area contributed by atoms with Gasteiger partial charge in [-0.1, -0.05) is 12.1 Å². The number of likely N-dealkylation sites (tertiary alicyclic amines) is 1. The molecule has 1 aromatic heterocycles. The number of carbonyl (C=O) groups is 1. The lowest BCUT2D eigenvalue weighted by atomic mass is 9.95. The summed E-state index contributed by atoms with van der Waals surface area (Å²) in [6.45, 7) is 6.27. The van der Waals surface area contributed by atoms with Crippen molar-refractivity contribution in [1.29, 1.82) is 0 Å². The van der Waals surface area contributed by atoms with E-state index in [9.17, 15) is 4.79 Å². The lowest BCUT2D eigenvalue weighted by Crippen LogP contribution is -2.37. The van der Waals surface area contributed by atoms with E-state index in [1.807, 2.05) is 0 Å². The van der Waals surface area contributed by atoms with Gasteiger partial charge in [-0.15, -0.1) is 0 Å². The maximum absolute atomic E-state index is 11.4. The van der Waals surface area contributed by atoms with Crippen molar-refractivity contribution in [3.63, 3.8) is 0 Å². The largest absolute Gasteiger partial charge is 0.338 e. The van der Waals surface area contributed by atoms with Gasteiger partial charge in [0.2, 0.25) is 5.89 Å². The topological polar surface area (TPSA) is 59.2 Å². The Morgan fingerprint density at radius 3 is 3.11 bits per heavy atom. The monoisotopic (exact) mass is 251 g/mol. The van der Waals surface area contributed by atoms with Crippen LogP contribution in [-0.4, -0.2) is 33.9 Å². The molecule has 100 valence electrons. The molecule has 1 atom stereocenters. The van der Waals surface area contributed by atoms with Crippen molar-refractivity contribution in [2.24, 2.45) is 5.92 Å². The Kier molecular flexibility index (Phi) is 4.47. The van der Waals surface area contributed by atoms with Crippen LogP contribution in [0.25, 0.3) is 0 Å². The van der Waals surface area contributed by atoms with E-state index in [-0.39, 0.29) is 11.7 Å². The molecule has 5 heteroatoms. The van der Waals surface area contributed by atoms with E-state index >= 15 is 0 Å². The summed E-state index contributed by atoms with van der Waals surface area (Å²) in [5, 5.41) is 3.95. The molecule has 1 fully saturated rings. The number of hydrogen-bond acceptors (Lipinski definition) is 5. The molecule has 0 bridgehead atoms. The molecule has 0 N–H and O–H groups in total. The summed E-state index contributed by atoms with van der Waals surface area (Å²) < 4.78 is 5.23. The first-order valence-corrected chi connectivity index (χ1v) is 6.73. The van der Waals surface area contributed by atoms with Crippen molar-refractivity contribution in [3.05, 3.63) is 11.7 Å². The molecule has 1 unspecified atom stereocenters. The number of rotatable bonds is 5. The highest BCUT2D eigenvalue weighted by molar-refractivity contribution is 5.78. The lowest BCUT2D eigenvalue weighted by Gasteiger charge is -2.30. The number of Topliss-reactive ketones (excluding diaryl/α,β-unsaturated/α-hetero) is 1. The SMILES string of the molecule is CCCc1noc(CN2CCCC(C(C)=O)C2)n1. The minimum absolute atomic E-state index is 0.178. The van der Waals surface area contributed by atoms with E-state index in [0.29, 0.717) is 12.4 Å². The number of ketones is 1. The molecule has 2 heterocycles. The highest BCUT2D eigenvalue weighted by Crippen LogP contribution is 2.18. The first-order chi connectivity index (χ1) is 8.69. The van der Waals surface area contributed by atoms with E-state index in [1.54, 1.807) is 6.92 Å². The van der Waals surface area contributed by atoms with Gasteiger partial charge in [0, 0.05) is 18.9 Å². The van der Waals surface area contributed by atoms with Gasteiger partial charge in [-0.3, -0.25) is 9.69 Å². The summed E-state index contributed by atoms with van der Waals surface area (Å²) in [7, 11) is 0. The fraction of sp³-hybridized carbons (Fsp3) is 0.769. The Labute approximate surface area is 108 Å². The average Bonchev–Trinajstić information content (AvgIpc) is 2.77. The van der Waals surface area contributed by atoms with Crippen LogP contribution in [0.4, 0.5) is 0 Å². The maximum atomic E-state index is 11.4. The van der Waals surface area contributed by atoms with Gasteiger partial charge >= 0.3 is 0 Å². The molecule has 5 nitrogen and oxygen atoms in total. The average molecular weight is 251 g/mol. The van der Waals surface area contributed by atoms with Crippen LogP contribution >= 0.6 is 0 Å². The zero-order valence-corrected chi connectivity index (χ0v) is 11.2. The highest BCUT2D eigenvalue weighted by atomic mass is 16.5. The fourth-order valence-electron chi connectivity index (χ4n) is 2.40. The fourth-order valence-corrected chi connectivity index (χ4v) is 2.40. The van der Waals surface area contributed by atoms with Crippen molar-refractivity contribution in [2.45, 2.75) is 46.1 Å². The number of aromatic nitrogens is 2. The first kappa shape index (κ1) is 13.2. The van der Waals surface area contributed by atoms with Crippen molar-refractivity contribution in [3.8, 4) is 0 Å². The molecule has 18 heavy (non-hydrogen) atoms.